The minimum absolute atomic E-state index is 0.140. The lowest BCUT2D eigenvalue weighted by Crippen LogP contribution is -2.37. The van der Waals surface area contributed by atoms with Crippen molar-refractivity contribution in [1.82, 2.24) is 14.5 Å². The Bertz CT molecular complexity index is 404. The van der Waals surface area contributed by atoms with Gasteiger partial charge in [0.05, 0.1) is 6.54 Å². The molecule has 8 heteroatoms. The molecule has 2 rings (SSSR count). The van der Waals surface area contributed by atoms with Crippen LogP contribution in [0.1, 0.15) is 12.1 Å². The van der Waals surface area contributed by atoms with Crippen molar-refractivity contribution < 1.29 is 9.59 Å². The first-order valence-electron chi connectivity index (χ1n) is 4.68. The topological polar surface area (TPSA) is 75.2 Å². The van der Waals surface area contributed by atoms with Crippen molar-refractivity contribution in [3.8, 4) is 0 Å². The Labute approximate surface area is 101 Å². The molecular weight excluding hydrogens is 248 g/mol. The third-order valence-corrected chi connectivity index (χ3v) is 3.81. The maximum absolute atomic E-state index is 11.6. The van der Waals surface area contributed by atoms with E-state index in [1.807, 2.05) is 0 Å². The van der Waals surface area contributed by atoms with Crippen LogP contribution >= 0.6 is 23.3 Å². The molecule has 1 N–H and O–H groups in total. The monoisotopic (exact) mass is 258 g/mol. The van der Waals surface area contributed by atoms with Crippen LogP contribution in [0.5, 0.6) is 0 Å². The first kappa shape index (κ1) is 11.3. The summed E-state index contributed by atoms with van der Waals surface area (Å²) in [5.41, 5.74) is 0.636. The molecule has 0 aromatic carbocycles. The number of hydrogen-bond acceptors (Lipinski definition) is 7. The normalized spacial score (nSPS) is 16.7. The summed E-state index contributed by atoms with van der Waals surface area (Å²) in [7, 11) is 1.76. The standard InChI is InChI=1S/C8H10N4O2S2/c1-9-7-5(10-11-16-7)4-12-6(13)2-3-15-8(12)14/h9H,2-4H2,1H3. The van der Waals surface area contributed by atoms with Crippen LogP contribution in [0.3, 0.4) is 0 Å². The molecule has 1 aliphatic rings. The average Bonchev–Trinajstić information content (AvgIpc) is 2.71. The second-order valence-electron chi connectivity index (χ2n) is 3.14. The third kappa shape index (κ3) is 2.17. The molecule has 0 atom stereocenters. The van der Waals surface area contributed by atoms with Gasteiger partial charge in [-0.15, -0.1) is 5.10 Å². The molecule has 1 aliphatic heterocycles. The molecule has 2 heterocycles. The molecule has 1 saturated heterocycles. The largest absolute Gasteiger partial charge is 0.377 e. The van der Waals surface area contributed by atoms with Crippen molar-refractivity contribution >= 4 is 39.4 Å². The van der Waals surface area contributed by atoms with E-state index in [4.69, 9.17) is 0 Å². The van der Waals surface area contributed by atoms with Crippen LogP contribution < -0.4 is 5.32 Å². The second kappa shape index (κ2) is 4.79. The summed E-state index contributed by atoms with van der Waals surface area (Å²) in [6, 6.07) is 0. The van der Waals surface area contributed by atoms with Gasteiger partial charge in [0.25, 0.3) is 5.24 Å². The number of carbonyl (C=O) groups excluding carboxylic acids is 2. The SMILES string of the molecule is CNc1snnc1CN1C(=O)CCSC1=O. The lowest BCUT2D eigenvalue weighted by atomic mass is 10.3. The van der Waals surface area contributed by atoms with Gasteiger partial charge < -0.3 is 5.32 Å². The van der Waals surface area contributed by atoms with E-state index >= 15 is 0 Å². The zero-order valence-corrected chi connectivity index (χ0v) is 10.2. The highest BCUT2D eigenvalue weighted by molar-refractivity contribution is 8.13. The number of carbonyl (C=O) groups is 2. The fraction of sp³-hybridized carbons (Fsp3) is 0.500. The molecule has 0 unspecified atom stereocenters. The van der Waals surface area contributed by atoms with E-state index in [9.17, 15) is 9.59 Å². The minimum Gasteiger partial charge on any atom is -0.377 e. The lowest BCUT2D eigenvalue weighted by molar-refractivity contribution is -0.128. The Morgan fingerprint density at radius 1 is 1.50 bits per heavy atom. The van der Waals surface area contributed by atoms with E-state index in [1.54, 1.807) is 7.05 Å². The number of hydrogen-bond donors (Lipinski definition) is 1. The third-order valence-electron chi connectivity index (χ3n) is 2.15. The minimum atomic E-state index is -0.202. The van der Waals surface area contributed by atoms with Crippen LogP contribution in [-0.4, -0.2) is 38.4 Å². The first-order valence-corrected chi connectivity index (χ1v) is 6.44. The van der Waals surface area contributed by atoms with Crippen molar-refractivity contribution in [1.29, 1.82) is 0 Å². The van der Waals surface area contributed by atoms with Gasteiger partial charge in [-0.25, -0.2) is 0 Å². The van der Waals surface area contributed by atoms with Gasteiger partial charge in [0.2, 0.25) is 5.91 Å². The van der Waals surface area contributed by atoms with Gasteiger partial charge >= 0.3 is 0 Å². The van der Waals surface area contributed by atoms with Crippen LogP contribution in [0, 0.1) is 0 Å². The summed E-state index contributed by atoms with van der Waals surface area (Å²) in [5, 5.41) is 7.42. The molecule has 0 radical (unpaired) electrons. The molecule has 0 saturated carbocycles. The molecule has 6 nitrogen and oxygen atoms in total. The predicted octanol–water partition coefficient (Wildman–Crippen LogP) is 1.17. The molecule has 2 amide bonds. The van der Waals surface area contributed by atoms with Gasteiger partial charge in [0.1, 0.15) is 10.7 Å². The molecule has 0 bridgehead atoms. The van der Waals surface area contributed by atoms with Gasteiger partial charge in [0.15, 0.2) is 0 Å². The molecular formula is C8H10N4O2S2. The van der Waals surface area contributed by atoms with Crippen LogP contribution in [0.25, 0.3) is 0 Å². The molecule has 16 heavy (non-hydrogen) atoms. The fourth-order valence-corrected chi connectivity index (χ4v) is 2.64. The molecule has 0 aliphatic carbocycles. The van der Waals surface area contributed by atoms with Crippen molar-refractivity contribution in [3.05, 3.63) is 5.69 Å². The van der Waals surface area contributed by atoms with E-state index in [1.165, 1.54) is 28.2 Å². The van der Waals surface area contributed by atoms with E-state index in [0.717, 1.165) is 5.00 Å². The summed E-state index contributed by atoms with van der Waals surface area (Å²) in [4.78, 5) is 24.3. The molecule has 1 aromatic heterocycles. The number of amides is 2. The van der Waals surface area contributed by atoms with Crippen molar-refractivity contribution in [2.75, 3.05) is 18.1 Å². The summed E-state index contributed by atoms with van der Waals surface area (Å²) in [6.45, 7) is 0.206. The first-order chi connectivity index (χ1) is 7.72. The summed E-state index contributed by atoms with van der Waals surface area (Å²) in [5.74, 6) is 0.432. The van der Waals surface area contributed by atoms with Crippen LogP contribution in [0.2, 0.25) is 0 Å². The van der Waals surface area contributed by atoms with E-state index < -0.39 is 0 Å². The quantitative estimate of drug-likeness (QED) is 0.877. The molecule has 86 valence electrons. The van der Waals surface area contributed by atoms with E-state index in [-0.39, 0.29) is 17.7 Å². The molecule has 1 fully saturated rings. The Balaban J connectivity index is 2.13. The Morgan fingerprint density at radius 2 is 2.31 bits per heavy atom. The molecule has 1 aromatic rings. The summed E-state index contributed by atoms with van der Waals surface area (Å²) >= 11 is 2.38. The fourth-order valence-electron chi connectivity index (χ4n) is 1.34. The van der Waals surface area contributed by atoms with Gasteiger partial charge in [-0.1, -0.05) is 16.3 Å². The zero-order chi connectivity index (χ0) is 11.5. The lowest BCUT2D eigenvalue weighted by Gasteiger charge is -2.23. The average molecular weight is 258 g/mol. The summed E-state index contributed by atoms with van der Waals surface area (Å²) < 4.78 is 3.78. The number of imide groups is 1. The number of nitrogens with one attached hydrogen (secondary N) is 1. The number of anilines is 1. The summed E-state index contributed by atoms with van der Waals surface area (Å²) in [6.07, 6.45) is 0.406. The van der Waals surface area contributed by atoms with E-state index in [0.29, 0.717) is 17.9 Å². The highest BCUT2D eigenvalue weighted by Crippen LogP contribution is 2.24. The van der Waals surface area contributed by atoms with Gasteiger partial charge in [-0.05, 0) is 0 Å². The van der Waals surface area contributed by atoms with Gasteiger partial charge in [-0.3, -0.25) is 14.5 Å². The van der Waals surface area contributed by atoms with Crippen LogP contribution in [0.4, 0.5) is 9.80 Å². The zero-order valence-electron chi connectivity index (χ0n) is 8.60. The van der Waals surface area contributed by atoms with Crippen LogP contribution in [0.15, 0.2) is 0 Å². The van der Waals surface area contributed by atoms with Gasteiger partial charge in [-0.2, -0.15) is 0 Å². The Morgan fingerprint density at radius 3 is 3.00 bits per heavy atom. The van der Waals surface area contributed by atoms with E-state index in [2.05, 4.69) is 14.9 Å². The van der Waals surface area contributed by atoms with Gasteiger partial charge in [0, 0.05) is 30.8 Å². The van der Waals surface area contributed by atoms with Crippen molar-refractivity contribution in [2.45, 2.75) is 13.0 Å². The maximum atomic E-state index is 11.6. The van der Waals surface area contributed by atoms with Crippen molar-refractivity contribution in [3.63, 3.8) is 0 Å². The number of aromatic nitrogens is 2. The predicted molar refractivity (Wildman–Crippen MR) is 62.5 cm³/mol. The maximum Gasteiger partial charge on any atom is 0.288 e. The number of nitrogens with zero attached hydrogens (tertiary/aromatic N) is 3. The molecule has 0 spiro atoms. The smallest absolute Gasteiger partial charge is 0.288 e. The highest BCUT2D eigenvalue weighted by atomic mass is 32.2. The number of rotatable bonds is 3. The second-order valence-corrected chi connectivity index (χ2v) is 4.94. The Kier molecular flexibility index (Phi) is 3.39. The highest BCUT2D eigenvalue weighted by Gasteiger charge is 2.28. The van der Waals surface area contributed by atoms with Crippen LogP contribution in [-0.2, 0) is 11.3 Å². The van der Waals surface area contributed by atoms with Crippen molar-refractivity contribution in [2.24, 2.45) is 0 Å². The Hall–Kier alpha value is -1.15. The number of thioether (sulfide) groups is 1.